The van der Waals surface area contributed by atoms with E-state index >= 15 is 38.4 Å². The van der Waals surface area contributed by atoms with Crippen molar-refractivity contribution >= 4 is 195 Å². The van der Waals surface area contributed by atoms with Gasteiger partial charge in [-0.2, -0.15) is 0 Å². The number of hydrogen-bond donors (Lipinski definition) is 31. The summed E-state index contributed by atoms with van der Waals surface area (Å²) in [6, 6.07) is -22.5. The highest BCUT2D eigenvalue weighted by Gasteiger charge is 2.41. The number of fused-ring (bicyclic) bond motifs is 10. The Morgan fingerprint density at radius 3 is 1.21 bits per heavy atom. The van der Waals surface area contributed by atoms with E-state index in [1.54, 1.807) is 55.4 Å². The summed E-state index contributed by atoms with van der Waals surface area (Å²) in [6.45, 7) is 10.1. The standard InChI is InChI=1S/C74H130N30O19S6/c1-9-35(5)53(101-49(105)25-75)66(118)99-45-31-126-125-30-44(59(111)90-27-51(107)92-42(70(122)123)20-16-24-87-74(82)83)98-69(121)56(38(8)12-4)104-65(117)48-34-129-128-33-47(95-60(112)40(93-62(45)114)18-14-22-85-72(78)79)64(116)103-55(37(7)11-3)68(120)97-43-29-124-127-32-46(63(115)94-41(61(113)96-48)19-15-23-86-73(80)81)100-67(119)54(36(6)10-2)102-52(108)28-88-57(109)39(17-13-21-84-71(76)77)91-50(106)26-89-58(43)110/h35-48,53-56H,9-34,75H2,1-8H3,(H,88,109)(H,89,110)(H,90,111)(H,91,106)(H,92,107)(H,93,114)(H,94,115)(H,95,112)(H,96,113)(H,97,120)(H,98,121)(H,99,118)(H,100,119)(H,101,105)(H,102,108)(H,103,116)(H,104,117)(H,122,123)(H4,76,77,84)(H4,78,79,85)(H4,80,81,86)(H4,82,83,87)/t35-,36-,37-,38-,39-,40-,41-,42-,43-,44-,45-,46-,47-,48-,53-,54-,55-,56-/m0/s1. The first kappa shape index (κ1) is 113. The summed E-state index contributed by atoms with van der Waals surface area (Å²) >= 11 is 0. The van der Waals surface area contributed by atoms with Crippen LogP contribution >= 0.6 is 64.8 Å². The van der Waals surface area contributed by atoms with Gasteiger partial charge in [0, 0.05) is 60.7 Å². The molecular weight excluding hydrogens is 1810 g/mol. The monoisotopic (exact) mass is 1930 g/mol. The molecule has 55 heteroatoms. The molecule has 0 aliphatic carbocycles. The van der Waals surface area contributed by atoms with Crippen molar-refractivity contribution < 1.29 is 91.4 Å². The van der Waals surface area contributed by atoms with E-state index < -0.39 is 293 Å². The normalized spacial score (nSPS) is 24.5. The molecule has 129 heavy (non-hydrogen) atoms. The van der Waals surface area contributed by atoms with E-state index in [-0.39, 0.29) is 103 Å². The second-order valence-electron chi connectivity index (χ2n) is 30.7. The fraction of sp³-hybridized carbons (Fsp3) is 0.703. The number of nitrogens with one attached hydrogen (secondary N) is 25. The van der Waals surface area contributed by atoms with Gasteiger partial charge in [-0.05, 0) is 75.0 Å². The molecule has 3 aliphatic rings. The smallest absolute Gasteiger partial charge is 0.326 e. The lowest BCUT2D eigenvalue weighted by Gasteiger charge is -2.30. The summed E-state index contributed by atoms with van der Waals surface area (Å²) in [5.74, 6) is -25.8. The number of nitrogens with two attached hydrogens (primary N) is 5. The quantitative estimate of drug-likeness (QED) is 0.0126. The lowest BCUT2D eigenvalue weighted by atomic mass is 9.97. The minimum absolute atomic E-state index is 0.0475. The number of hydrogen-bond acceptors (Lipinski definition) is 29. The Bertz CT molecular complexity index is 3880. The number of carboxylic acids is 1. The summed E-state index contributed by atoms with van der Waals surface area (Å²) in [5, 5.41) is 95.0. The zero-order valence-corrected chi connectivity index (χ0v) is 78.3. The van der Waals surface area contributed by atoms with Gasteiger partial charge in [-0.1, -0.05) is 146 Å². The van der Waals surface area contributed by atoms with Crippen molar-refractivity contribution in [3.05, 3.63) is 0 Å². The highest BCUT2D eigenvalue weighted by Crippen LogP contribution is 2.28. The number of guanidine groups is 4. The topological polar surface area (TPSA) is 806 Å². The second-order valence-corrected chi connectivity index (χ2v) is 38.3. The van der Waals surface area contributed by atoms with Gasteiger partial charge in [0.25, 0.3) is 0 Å². The van der Waals surface area contributed by atoms with E-state index in [1.165, 1.54) is 0 Å². The Hall–Kier alpha value is -10.4. The Morgan fingerprint density at radius 1 is 0.411 bits per heavy atom. The molecule has 4 bridgehead atoms. The summed E-state index contributed by atoms with van der Waals surface area (Å²) in [7, 11) is 4.95. The fourth-order valence-corrected chi connectivity index (χ4v) is 19.2. The van der Waals surface area contributed by atoms with Gasteiger partial charge in [0.05, 0.1) is 26.2 Å². The van der Waals surface area contributed by atoms with Gasteiger partial charge in [-0.3, -0.25) is 103 Å². The zero-order chi connectivity index (χ0) is 96.6. The third-order valence-electron chi connectivity index (χ3n) is 20.6. The molecule has 0 aromatic rings. The van der Waals surface area contributed by atoms with Crippen LogP contribution < -0.4 is 140 Å². The van der Waals surface area contributed by atoms with E-state index in [1.807, 2.05) is 0 Å². The maximum Gasteiger partial charge on any atom is 0.326 e. The Balaban J connectivity index is 2.56. The van der Waals surface area contributed by atoms with E-state index in [2.05, 4.69) is 112 Å². The molecule has 0 aromatic heterocycles. The molecular formula is C74H130N30O19S6. The number of carbonyl (C=O) groups excluding carboxylic acids is 17. The number of carboxylic acid groups (broad SMARTS) is 1. The Labute approximate surface area is 771 Å². The molecule has 3 fully saturated rings. The van der Waals surface area contributed by atoms with Crippen LogP contribution in [0.4, 0.5) is 0 Å². The van der Waals surface area contributed by atoms with Crippen LogP contribution in [0.5, 0.6) is 0 Å². The van der Waals surface area contributed by atoms with Gasteiger partial charge >= 0.3 is 5.97 Å². The molecule has 3 heterocycles. The first-order valence-electron chi connectivity index (χ1n) is 42.1. The molecule has 3 aliphatic heterocycles. The van der Waals surface area contributed by atoms with Gasteiger partial charge in [0.1, 0.15) is 84.6 Å². The molecule has 3 saturated heterocycles. The van der Waals surface area contributed by atoms with Crippen LogP contribution in [0.2, 0.25) is 0 Å². The van der Waals surface area contributed by atoms with E-state index in [0.717, 1.165) is 64.8 Å². The fourth-order valence-electron chi connectivity index (χ4n) is 12.2. The maximum absolute atomic E-state index is 15.5. The number of carbonyl (C=O) groups is 18. The zero-order valence-electron chi connectivity index (χ0n) is 73.4. The molecule has 726 valence electrons. The average Bonchev–Trinajstić information content (AvgIpc) is 0.863. The van der Waals surface area contributed by atoms with Crippen molar-refractivity contribution in [2.75, 3.05) is 86.9 Å². The number of rotatable bonds is 33. The predicted octanol–water partition coefficient (Wildman–Crippen LogP) is -8.41. The van der Waals surface area contributed by atoms with Crippen molar-refractivity contribution in [1.82, 2.24) is 112 Å². The predicted molar refractivity (Wildman–Crippen MR) is 492 cm³/mol. The lowest BCUT2D eigenvalue weighted by molar-refractivity contribution is -0.142. The first-order chi connectivity index (χ1) is 61.1. The van der Waals surface area contributed by atoms with Crippen LogP contribution in [0.3, 0.4) is 0 Å². The minimum Gasteiger partial charge on any atom is -0.480 e. The highest BCUT2D eigenvalue weighted by atomic mass is 33.1. The second kappa shape index (κ2) is 60.5. The molecule has 17 amide bonds. The van der Waals surface area contributed by atoms with E-state index in [9.17, 15) is 53.1 Å². The highest BCUT2D eigenvalue weighted by molar-refractivity contribution is 8.77. The third kappa shape index (κ3) is 42.8. The largest absolute Gasteiger partial charge is 0.480 e. The first-order valence-corrected chi connectivity index (χ1v) is 49.6. The minimum atomic E-state index is -1.78. The molecule has 49 nitrogen and oxygen atoms in total. The van der Waals surface area contributed by atoms with Crippen molar-refractivity contribution in [3.8, 4) is 0 Å². The molecule has 0 radical (unpaired) electrons. The van der Waals surface area contributed by atoms with Crippen LogP contribution in [0.1, 0.15) is 132 Å². The molecule has 0 aromatic carbocycles. The molecule has 0 unspecified atom stereocenters. The number of aliphatic carboxylic acids is 1. The van der Waals surface area contributed by atoms with Crippen LogP contribution in [0.15, 0.2) is 0 Å². The van der Waals surface area contributed by atoms with Gasteiger partial charge in [0.15, 0.2) is 23.8 Å². The van der Waals surface area contributed by atoms with Crippen molar-refractivity contribution in [1.29, 1.82) is 21.6 Å². The summed E-state index contributed by atoms with van der Waals surface area (Å²) < 4.78 is 0. The van der Waals surface area contributed by atoms with Gasteiger partial charge in [-0.25, -0.2) is 4.79 Å². The van der Waals surface area contributed by atoms with Gasteiger partial charge < -0.3 is 145 Å². The van der Waals surface area contributed by atoms with E-state index in [0.29, 0.717) is 6.42 Å². The summed E-state index contributed by atoms with van der Waals surface area (Å²) in [6.07, 6.45) is 0.0451. The molecule has 18 atom stereocenters. The van der Waals surface area contributed by atoms with Crippen molar-refractivity contribution in [2.24, 2.45) is 52.3 Å². The van der Waals surface area contributed by atoms with Crippen LogP contribution in [-0.2, 0) is 86.3 Å². The average molecular weight is 1940 g/mol. The summed E-state index contributed by atoms with van der Waals surface area (Å²) in [4.78, 5) is 262. The van der Waals surface area contributed by atoms with Crippen molar-refractivity contribution in [2.45, 2.75) is 217 Å². The van der Waals surface area contributed by atoms with Crippen LogP contribution in [0, 0.1) is 45.3 Å². The van der Waals surface area contributed by atoms with Gasteiger partial charge in [-0.15, -0.1) is 0 Å². The van der Waals surface area contributed by atoms with Crippen LogP contribution in [0.25, 0.3) is 0 Å². The molecule has 0 spiro atoms. The lowest BCUT2D eigenvalue weighted by Crippen LogP contribution is -2.62. The Kier molecular flexibility index (Phi) is 52.9. The molecule has 36 N–H and O–H groups in total. The molecule has 0 saturated carbocycles. The van der Waals surface area contributed by atoms with Crippen molar-refractivity contribution in [3.63, 3.8) is 0 Å². The maximum atomic E-state index is 15.5. The van der Waals surface area contributed by atoms with Crippen LogP contribution in [-0.4, -0.2) is 307 Å². The summed E-state index contributed by atoms with van der Waals surface area (Å²) in [5.41, 5.74) is 27.8. The molecule has 3 rings (SSSR count). The number of amides is 17. The van der Waals surface area contributed by atoms with Gasteiger partial charge in [0.2, 0.25) is 100 Å². The Morgan fingerprint density at radius 2 is 0.783 bits per heavy atom. The third-order valence-corrected chi connectivity index (χ3v) is 27.9. The van der Waals surface area contributed by atoms with E-state index in [4.69, 9.17) is 50.3 Å². The SMILES string of the molecule is CC[C@H](C)[C@H](NC(=O)CN)C(=O)N[C@H]1CSSC[C@@H](C(=O)NCC(=O)N[C@@H](CCCNC(=N)N)C(=O)O)NC(=O)[C@H]([C@@H](C)CC)NC(=O)[C@@H]2CSSC[C@H](NC(=O)[C@H](CCCNC(=N)N)NC1=O)C(=O)N[C@@H]([C@@H](C)CC)C(=O)N[C@H]1CSSC[C@H](NC(=O)[C@H]([C@@H](C)CC)NC(=O)CNC(=O)[C@H](CCCNC(=N)N)NC(=O)CNC1=O)C(=O)N[C@@H](CCCNC(=N)N)C(=O)N2.